The molecule has 0 aliphatic carbocycles. The number of hydrogen-bond acceptors (Lipinski definition) is 3. The number of benzene rings is 1. The van der Waals surface area contributed by atoms with Crippen molar-refractivity contribution in [1.29, 1.82) is 0 Å². The molecule has 2 N–H and O–H groups in total. The molecule has 18 heavy (non-hydrogen) atoms. The van der Waals surface area contributed by atoms with Crippen LogP contribution in [0.4, 0.5) is 11.4 Å². The monoisotopic (exact) mass is 270 g/mol. The van der Waals surface area contributed by atoms with E-state index in [0.29, 0.717) is 16.4 Å². The Morgan fingerprint density at radius 2 is 2.00 bits per heavy atom. The molecule has 2 amide bonds. The zero-order valence-electron chi connectivity index (χ0n) is 10.4. The molecular weight excluding hydrogens is 256 g/mol. The molecule has 0 aliphatic rings. The Kier molecular flexibility index (Phi) is 5.12. The van der Waals surface area contributed by atoms with E-state index in [1.807, 2.05) is 0 Å². The Hall–Kier alpha value is -1.59. The summed E-state index contributed by atoms with van der Waals surface area (Å²) in [6.45, 7) is 3.04. The van der Waals surface area contributed by atoms with E-state index in [1.165, 1.54) is 14.0 Å². The fraction of sp³-hybridized carbons (Fsp3) is 0.333. The Bertz CT molecular complexity index is 463. The standard InChI is InChI=1S/C12H15ClN2O3/c1-7(18-3)12(17)15-9-4-5-11(10(13)6-9)14-8(2)16/h4-7H,1-3H3,(H,14,16)(H,15,17)/t7-/m1/s1. The molecule has 0 aromatic heterocycles. The van der Waals surface area contributed by atoms with E-state index in [9.17, 15) is 9.59 Å². The summed E-state index contributed by atoms with van der Waals surface area (Å²) in [7, 11) is 1.46. The highest BCUT2D eigenvalue weighted by atomic mass is 35.5. The van der Waals surface area contributed by atoms with E-state index in [1.54, 1.807) is 25.1 Å². The van der Waals surface area contributed by atoms with Crippen molar-refractivity contribution in [3.63, 3.8) is 0 Å². The van der Waals surface area contributed by atoms with Gasteiger partial charge in [-0.1, -0.05) is 11.6 Å². The van der Waals surface area contributed by atoms with Crippen LogP contribution in [0.1, 0.15) is 13.8 Å². The lowest BCUT2D eigenvalue weighted by atomic mass is 10.2. The van der Waals surface area contributed by atoms with Crippen LogP contribution in [0.25, 0.3) is 0 Å². The van der Waals surface area contributed by atoms with Crippen molar-refractivity contribution >= 4 is 34.8 Å². The summed E-state index contributed by atoms with van der Waals surface area (Å²) >= 11 is 5.97. The van der Waals surface area contributed by atoms with Gasteiger partial charge >= 0.3 is 0 Å². The molecule has 1 rings (SSSR count). The third-order valence-corrected chi connectivity index (χ3v) is 2.58. The van der Waals surface area contributed by atoms with E-state index >= 15 is 0 Å². The van der Waals surface area contributed by atoms with Gasteiger partial charge in [-0.15, -0.1) is 0 Å². The fourth-order valence-electron chi connectivity index (χ4n) is 1.23. The van der Waals surface area contributed by atoms with E-state index < -0.39 is 6.10 Å². The molecule has 0 fully saturated rings. The highest BCUT2D eigenvalue weighted by Gasteiger charge is 2.12. The summed E-state index contributed by atoms with van der Waals surface area (Å²) < 4.78 is 4.89. The number of amides is 2. The van der Waals surface area contributed by atoms with Gasteiger partial charge in [-0.3, -0.25) is 9.59 Å². The Morgan fingerprint density at radius 1 is 1.33 bits per heavy atom. The van der Waals surface area contributed by atoms with Crippen LogP contribution in [-0.4, -0.2) is 25.0 Å². The van der Waals surface area contributed by atoms with Gasteiger partial charge in [0.25, 0.3) is 5.91 Å². The van der Waals surface area contributed by atoms with Crippen molar-refractivity contribution in [2.45, 2.75) is 20.0 Å². The maximum absolute atomic E-state index is 11.6. The van der Waals surface area contributed by atoms with Gasteiger partial charge < -0.3 is 15.4 Å². The Morgan fingerprint density at radius 3 is 2.50 bits per heavy atom. The normalized spacial score (nSPS) is 11.8. The summed E-state index contributed by atoms with van der Waals surface area (Å²) in [5.74, 6) is -0.470. The van der Waals surface area contributed by atoms with E-state index in [2.05, 4.69) is 10.6 Å². The number of methoxy groups -OCH3 is 1. The number of halogens is 1. The average molecular weight is 271 g/mol. The molecule has 6 heteroatoms. The minimum absolute atomic E-state index is 0.207. The SMILES string of the molecule is CO[C@H](C)C(=O)Nc1ccc(NC(C)=O)c(Cl)c1. The van der Waals surface area contributed by atoms with Gasteiger partial charge in [0.2, 0.25) is 5.91 Å². The Labute approximate surface area is 110 Å². The molecule has 1 atom stereocenters. The van der Waals surface area contributed by atoms with Gasteiger partial charge in [0.1, 0.15) is 6.10 Å². The minimum atomic E-state index is -0.543. The molecule has 0 radical (unpaired) electrons. The molecule has 1 aromatic carbocycles. The minimum Gasteiger partial charge on any atom is -0.372 e. The molecule has 0 saturated carbocycles. The predicted molar refractivity (Wildman–Crippen MR) is 70.9 cm³/mol. The summed E-state index contributed by atoms with van der Waals surface area (Å²) in [5, 5.41) is 5.59. The number of carbonyl (C=O) groups is 2. The molecular formula is C12H15ClN2O3. The number of hydrogen-bond donors (Lipinski definition) is 2. The first-order chi connectivity index (χ1) is 8.43. The van der Waals surface area contributed by atoms with Gasteiger partial charge in [0.15, 0.2) is 0 Å². The zero-order valence-corrected chi connectivity index (χ0v) is 11.2. The molecule has 98 valence electrons. The van der Waals surface area contributed by atoms with Crippen LogP contribution in [-0.2, 0) is 14.3 Å². The lowest BCUT2D eigenvalue weighted by Gasteiger charge is -2.12. The van der Waals surface area contributed by atoms with Crippen molar-refractivity contribution in [1.82, 2.24) is 0 Å². The second-order valence-corrected chi connectivity index (χ2v) is 4.15. The molecule has 0 aliphatic heterocycles. The first-order valence-corrected chi connectivity index (χ1v) is 5.72. The van der Waals surface area contributed by atoms with Crippen molar-refractivity contribution < 1.29 is 14.3 Å². The van der Waals surface area contributed by atoms with E-state index in [4.69, 9.17) is 16.3 Å². The number of carbonyl (C=O) groups excluding carboxylic acids is 2. The third-order valence-electron chi connectivity index (χ3n) is 2.27. The molecule has 0 unspecified atom stereocenters. The van der Waals surface area contributed by atoms with Gasteiger partial charge in [-0.2, -0.15) is 0 Å². The number of anilines is 2. The first kappa shape index (κ1) is 14.5. The van der Waals surface area contributed by atoms with Crippen LogP contribution in [0.3, 0.4) is 0 Å². The largest absolute Gasteiger partial charge is 0.372 e. The fourth-order valence-corrected chi connectivity index (χ4v) is 1.46. The maximum atomic E-state index is 11.6. The van der Waals surface area contributed by atoms with Gasteiger partial charge in [-0.05, 0) is 25.1 Å². The van der Waals surface area contributed by atoms with Crippen LogP contribution in [0.2, 0.25) is 5.02 Å². The van der Waals surface area contributed by atoms with E-state index in [0.717, 1.165) is 0 Å². The van der Waals surface area contributed by atoms with Crippen LogP contribution < -0.4 is 10.6 Å². The summed E-state index contributed by atoms with van der Waals surface area (Å²) in [6.07, 6.45) is -0.543. The maximum Gasteiger partial charge on any atom is 0.253 e. The van der Waals surface area contributed by atoms with Crippen LogP contribution in [0.15, 0.2) is 18.2 Å². The second-order valence-electron chi connectivity index (χ2n) is 3.74. The predicted octanol–water partition coefficient (Wildman–Crippen LogP) is 2.27. The van der Waals surface area contributed by atoms with Crippen LogP contribution in [0, 0.1) is 0 Å². The molecule has 1 aromatic rings. The van der Waals surface area contributed by atoms with E-state index in [-0.39, 0.29) is 11.8 Å². The lowest BCUT2D eigenvalue weighted by molar-refractivity contribution is -0.124. The summed E-state index contributed by atoms with van der Waals surface area (Å²) in [4.78, 5) is 22.5. The molecule has 0 heterocycles. The summed E-state index contributed by atoms with van der Waals surface area (Å²) in [5.41, 5.74) is 1.05. The third kappa shape index (κ3) is 4.01. The number of nitrogens with one attached hydrogen (secondary N) is 2. The van der Waals surface area contributed by atoms with Crippen molar-refractivity contribution in [2.24, 2.45) is 0 Å². The zero-order chi connectivity index (χ0) is 13.7. The summed E-state index contributed by atoms with van der Waals surface area (Å²) in [6, 6.07) is 4.83. The van der Waals surface area contributed by atoms with Crippen LogP contribution >= 0.6 is 11.6 Å². The first-order valence-electron chi connectivity index (χ1n) is 5.35. The van der Waals surface area contributed by atoms with Gasteiger partial charge in [0.05, 0.1) is 10.7 Å². The second kappa shape index (κ2) is 6.37. The van der Waals surface area contributed by atoms with Crippen molar-refractivity contribution in [3.8, 4) is 0 Å². The van der Waals surface area contributed by atoms with Gasteiger partial charge in [0, 0.05) is 19.7 Å². The smallest absolute Gasteiger partial charge is 0.253 e. The highest BCUT2D eigenvalue weighted by molar-refractivity contribution is 6.34. The number of ether oxygens (including phenoxy) is 1. The Balaban J connectivity index is 2.78. The molecule has 5 nitrogen and oxygen atoms in total. The lowest BCUT2D eigenvalue weighted by Crippen LogP contribution is -2.26. The molecule has 0 bridgehead atoms. The highest BCUT2D eigenvalue weighted by Crippen LogP contribution is 2.25. The van der Waals surface area contributed by atoms with Crippen molar-refractivity contribution in [2.75, 3.05) is 17.7 Å². The molecule has 0 saturated heterocycles. The number of rotatable bonds is 4. The van der Waals surface area contributed by atoms with Crippen LogP contribution in [0.5, 0.6) is 0 Å². The average Bonchev–Trinajstić information content (AvgIpc) is 2.31. The quantitative estimate of drug-likeness (QED) is 0.882. The topological polar surface area (TPSA) is 67.4 Å². The molecule has 0 spiro atoms. The van der Waals surface area contributed by atoms with Crippen molar-refractivity contribution in [3.05, 3.63) is 23.2 Å². The van der Waals surface area contributed by atoms with Gasteiger partial charge in [-0.25, -0.2) is 0 Å².